The van der Waals surface area contributed by atoms with Gasteiger partial charge in [0.15, 0.2) is 17.5 Å². The minimum absolute atomic E-state index is 0.00622. The molecule has 0 bridgehead atoms. The quantitative estimate of drug-likeness (QED) is 0.568. The number of likely N-dealkylation sites (tertiary alicyclic amines) is 1. The predicted octanol–water partition coefficient (Wildman–Crippen LogP) is 4.94. The van der Waals surface area contributed by atoms with Crippen molar-refractivity contribution in [2.75, 3.05) is 20.1 Å². The van der Waals surface area contributed by atoms with Gasteiger partial charge in [-0.25, -0.2) is 18.2 Å². The number of nitrogens with one attached hydrogen (secondary N) is 1. The number of H-pyrrole nitrogens is 1. The number of aromatic amines is 1. The molecule has 0 radical (unpaired) electrons. The molecule has 2 heterocycles. The van der Waals surface area contributed by atoms with Gasteiger partial charge in [0.25, 0.3) is 0 Å². The maximum absolute atomic E-state index is 14.2. The largest absolute Gasteiger partial charge is 0.362 e. The van der Waals surface area contributed by atoms with Gasteiger partial charge in [-0.05, 0) is 37.6 Å². The summed E-state index contributed by atoms with van der Waals surface area (Å²) in [7, 11) is 2.06. The van der Waals surface area contributed by atoms with Crippen LogP contribution in [0, 0.1) is 17.5 Å². The zero-order valence-electron chi connectivity index (χ0n) is 15.2. The SMILES string of the molecule is CN1CCC(OC(c2cccc(Br)c2)c2nc3cc(F)c(F)c(F)c3[nH]2)CC1. The molecule has 1 unspecified atom stereocenters. The molecule has 148 valence electrons. The van der Waals surface area contributed by atoms with Crippen LogP contribution in [0.5, 0.6) is 0 Å². The average Bonchev–Trinajstić information content (AvgIpc) is 3.09. The molecular weight excluding hydrogens is 435 g/mol. The molecule has 2 aromatic carbocycles. The fraction of sp³-hybridized carbons (Fsp3) is 0.350. The topological polar surface area (TPSA) is 41.1 Å². The number of fused-ring (bicyclic) bond motifs is 1. The van der Waals surface area contributed by atoms with E-state index in [9.17, 15) is 13.2 Å². The molecule has 1 fully saturated rings. The van der Waals surface area contributed by atoms with Crippen molar-refractivity contribution in [2.24, 2.45) is 0 Å². The molecule has 1 aliphatic heterocycles. The summed E-state index contributed by atoms with van der Waals surface area (Å²) in [6, 6.07) is 8.42. The number of halogens is 4. The number of hydrogen-bond acceptors (Lipinski definition) is 3. The third-order valence-electron chi connectivity index (χ3n) is 5.03. The number of imidazole rings is 1. The summed E-state index contributed by atoms with van der Waals surface area (Å²) in [4.78, 5) is 9.35. The number of benzene rings is 2. The molecule has 0 amide bonds. The van der Waals surface area contributed by atoms with E-state index in [1.807, 2.05) is 24.3 Å². The van der Waals surface area contributed by atoms with Crippen LogP contribution in [-0.2, 0) is 4.74 Å². The van der Waals surface area contributed by atoms with Gasteiger partial charge in [0, 0.05) is 23.6 Å². The van der Waals surface area contributed by atoms with Gasteiger partial charge in [-0.15, -0.1) is 0 Å². The maximum Gasteiger partial charge on any atom is 0.196 e. The van der Waals surface area contributed by atoms with Crippen LogP contribution >= 0.6 is 15.9 Å². The summed E-state index contributed by atoms with van der Waals surface area (Å²) in [5.41, 5.74) is 0.674. The maximum atomic E-state index is 14.2. The van der Waals surface area contributed by atoms with Crippen LogP contribution in [-0.4, -0.2) is 41.1 Å². The molecule has 1 N–H and O–H groups in total. The number of rotatable bonds is 4. The van der Waals surface area contributed by atoms with Crippen molar-refractivity contribution >= 4 is 27.0 Å². The highest BCUT2D eigenvalue weighted by Gasteiger charge is 2.27. The van der Waals surface area contributed by atoms with Gasteiger partial charge in [-0.2, -0.15) is 0 Å². The third kappa shape index (κ3) is 3.81. The molecular formula is C20H19BrF3N3O. The summed E-state index contributed by atoms with van der Waals surface area (Å²) >= 11 is 3.45. The van der Waals surface area contributed by atoms with E-state index in [-0.39, 0.29) is 17.1 Å². The Morgan fingerprint density at radius 1 is 1.18 bits per heavy atom. The van der Waals surface area contributed by atoms with Crippen molar-refractivity contribution in [3.8, 4) is 0 Å². The first-order valence-corrected chi connectivity index (χ1v) is 9.84. The molecule has 1 atom stereocenters. The molecule has 1 aliphatic rings. The standard InChI is InChI=1S/C20H19BrF3N3O/c1-27-7-5-13(6-8-27)28-19(11-3-2-4-12(21)9-11)20-25-15-10-14(22)16(23)17(24)18(15)26-20/h2-4,9-10,13,19H,5-8H2,1H3,(H,25,26). The highest BCUT2D eigenvalue weighted by molar-refractivity contribution is 9.10. The van der Waals surface area contributed by atoms with Crippen LogP contribution in [0.25, 0.3) is 11.0 Å². The second kappa shape index (κ2) is 7.85. The van der Waals surface area contributed by atoms with Crippen LogP contribution in [0.3, 0.4) is 0 Å². The highest BCUT2D eigenvalue weighted by Crippen LogP contribution is 2.32. The molecule has 4 rings (SSSR count). The van der Waals surface area contributed by atoms with Crippen LogP contribution in [0.15, 0.2) is 34.8 Å². The van der Waals surface area contributed by atoms with Crippen LogP contribution < -0.4 is 0 Å². The summed E-state index contributed by atoms with van der Waals surface area (Å²) < 4.78 is 48.6. The smallest absolute Gasteiger partial charge is 0.196 e. The minimum Gasteiger partial charge on any atom is -0.362 e. The van der Waals surface area contributed by atoms with Gasteiger partial charge in [-0.3, -0.25) is 0 Å². The first kappa shape index (κ1) is 19.4. The molecule has 0 spiro atoms. The van der Waals surface area contributed by atoms with E-state index in [2.05, 4.69) is 37.8 Å². The van der Waals surface area contributed by atoms with Crippen molar-refractivity contribution < 1.29 is 17.9 Å². The Balaban J connectivity index is 1.74. The van der Waals surface area contributed by atoms with Gasteiger partial charge >= 0.3 is 0 Å². The van der Waals surface area contributed by atoms with Crippen molar-refractivity contribution in [1.29, 1.82) is 0 Å². The van der Waals surface area contributed by atoms with E-state index in [4.69, 9.17) is 4.74 Å². The van der Waals surface area contributed by atoms with E-state index in [1.165, 1.54) is 0 Å². The molecule has 1 saturated heterocycles. The normalized spacial score (nSPS) is 17.3. The Labute approximate surface area is 168 Å². The Morgan fingerprint density at radius 3 is 2.64 bits per heavy atom. The zero-order chi connectivity index (χ0) is 19.8. The fourth-order valence-corrected chi connectivity index (χ4v) is 3.90. The van der Waals surface area contributed by atoms with Crippen LogP contribution in [0.2, 0.25) is 0 Å². The lowest BCUT2D eigenvalue weighted by atomic mass is 10.1. The molecule has 3 aromatic rings. The van der Waals surface area contributed by atoms with Crippen molar-refractivity contribution in [1.82, 2.24) is 14.9 Å². The molecule has 1 aromatic heterocycles. The second-order valence-corrected chi connectivity index (χ2v) is 7.99. The van der Waals surface area contributed by atoms with Gasteiger partial charge in [0.05, 0.1) is 11.6 Å². The molecule has 0 aliphatic carbocycles. The van der Waals surface area contributed by atoms with Gasteiger partial charge < -0.3 is 14.6 Å². The number of nitrogens with zero attached hydrogens (tertiary/aromatic N) is 2. The highest BCUT2D eigenvalue weighted by atomic mass is 79.9. The number of hydrogen-bond donors (Lipinski definition) is 1. The summed E-state index contributed by atoms with van der Waals surface area (Å²) in [5.74, 6) is -3.74. The molecule has 28 heavy (non-hydrogen) atoms. The van der Waals surface area contributed by atoms with Crippen molar-refractivity contribution in [3.63, 3.8) is 0 Å². The van der Waals surface area contributed by atoms with Crippen molar-refractivity contribution in [2.45, 2.75) is 25.0 Å². The van der Waals surface area contributed by atoms with Crippen LogP contribution in [0.4, 0.5) is 13.2 Å². The number of ether oxygens (including phenoxy) is 1. The zero-order valence-corrected chi connectivity index (χ0v) is 16.8. The first-order valence-electron chi connectivity index (χ1n) is 9.05. The lowest BCUT2D eigenvalue weighted by Crippen LogP contribution is -2.35. The lowest BCUT2D eigenvalue weighted by Gasteiger charge is -2.31. The Kier molecular flexibility index (Phi) is 5.44. The average molecular weight is 454 g/mol. The van der Waals surface area contributed by atoms with Gasteiger partial charge in [0.2, 0.25) is 0 Å². The molecule has 8 heteroatoms. The van der Waals surface area contributed by atoms with Crippen LogP contribution in [0.1, 0.15) is 30.3 Å². The van der Waals surface area contributed by atoms with Gasteiger partial charge in [-0.1, -0.05) is 28.1 Å². The van der Waals surface area contributed by atoms with E-state index in [0.717, 1.165) is 42.0 Å². The Morgan fingerprint density at radius 2 is 1.93 bits per heavy atom. The summed E-state index contributed by atoms with van der Waals surface area (Å²) in [6.45, 7) is 1.84. The fourth-order valence-electron chi connectivity index (χ4n) is 3.48. The number of aromatic nitrogens is 2. The third-order valence-corrected chi connectivity index (χ3v) is 5.52. The minimum atomic E-state index is -1.52. The lowest BCUT2D eigenvalue weighted by molar-refractivity contribution is -0.0264. The van der Waals surface area contributed by atoms with E-state index in [0.29, 0.717) is 5.82 Å². The first-order chi connectivity index (χ1) is 13.4. The molecule has 0 saturated carbocycles. The van der Waals surface area contributed by atoms with Crippen molar-refractivity contribution in [3.05, 3.63) is 63.6 Å². The van der Waals surface area contributed by atoms with E-state index in [1.54, 1.807) is 0 Å². The second-order valence-electron chi connectivity index (χ2n) is 7.08. The summed E-state index contributed by atoms with van der Waals surface area (Å²) in [6.07, 6.45) is 1.12. The van der Waals surface area contributed by atoms with E-state index < -0.39 is 23.6 Å². The summed E-state index contributed by atoms with van der Waals surface area (Å²) in [5, 5.41) is 0. The predicted molar refractivity (Wildman–Crippen MR) is 104 cm³/mol. The number of piperidine rings is 1. The Hall–Kier alpha value is -1.90. The monoisotopic (exact) mass is 453 g/mol. The van der Waals surface area contributed by atoms with Gasteiger partial charge in [0.1, 0.15) is 17.4 Å². The van der Waals surface area contributed by atoms with E-state index >= 15 is 0 Å². The Bertz CT molecular complexity index is 1000. The molecule has 4 nitrogen and oxygen atoms in total.